The Balaban J connectivity index is 0.00000289. The summed E-state index contributed by atoms with van der Waals surface area (Å²) in [4.78, 5) is 24.7. The number of hydrogen-bond acceptors (Lipinski definition) is 4. The molecule has 3 aromatic rings. The molecular formula is C25H25ClN2O4. The summed E-state index contributed by atoms with van der Waals surface area (Å²) in [6.45, 7) is 0.918. The van der Waals surface area contributed by atoms with E-state index < -0.39 is 11.9 Å². The number of carbonyl (C=O) groups is 2. The number of phenolic OH excluding ortho intramolecular Hbond substituents is 1. The van der Waals surface area contributed by atoms with E-state index in [1.54, 1.807) is 18.2 Å². The molecule has 1 atom stereocenters. The van der Waals surface area contributed by atoms with Gasteiger partial charge in [-0.2, -0.15) is 0 Å². The zero-order valence-corrected chi connectivity index (χ0v) is 18.2. The molecule has 1 heterocycles. The van der Waals surface area contributed by atoms with E-state index in [1.807, 2.05) is 36.4 Å². The lowest BCUT2D eigenvalue weighted by Gasteiger charge is -2.24. The Labute approximate surface area is 192 Å². The number of anilines is 1. The molecule has 0 saturated carbocycles. The molecule has 0 aromatic heterocycles. The Bertz CT molecular complexity index is 1110. The first kappa shape index (κ1) is 23.3. The summed E-state index contributed by atoms with van der Waals surface area (Å²) in [6.07, 6.45) is 3.19. The second-order valence-corrected chi connectivity index (χ2v) is 7.66. The van der Waals surface area contributed by atoms with Crippen LogP contribution in [-0.4, -0.2) is 28.6 Å². The van der Waals surface area contributed by atoms with Crippen molar-refractivity contribution in [1.82, 2.24) is 5.32 Å². The smallest absolute Gasteiger partial charge is 0.337 e. The van der Waals surface area contributed by atoms with Crippen molar-refractivity contribution in [3.8, 4) is 16.9 Å². The first-order valence-electron chi connectivity index (χ1n) is 10.3. The predicted octanol–water partition coefficient (Wildman–Crippen LogP) is 5.25. The second-order valence-electron chi connectivity index (χ2n) is 7.66. The van der Waals surface area contributed by atoms with Crippen molar-refractivity contribution in [2.24, 2.45) is 0 Å². The minimum Gasteiger partial charge on any atom is -0.507 e. The molecule has 1 amide bonds. The van der Waals surface area contributed by atoms with Crippen LogP contribution >= 0.6 is 12.4 Å². The van der Waals surface area contributed by atoms with Gasteiger partial charge in [0.2, 0.25) is 0 Å². The van der Waals surface area contributed by atoms with E-state index in [2.05, 4.69) is 10.6 Å². The molecule has 1 aliphatic rings. The molecule has 1 unspecified atom stereocenters. The maximum atomic E-state index is 13.0. The number of rotatable bonds is 5. The average Bonchev–Trinajstić information content (AvgIpc) is 2.80. The fourth-order valence-electron chi connectivity index (χ4n) is 3.92. The molecule has 32 heavy (non-hydrogen) atoms. The van der Waals surface area contributed by atoms with Gasteiger partial charge < -0.3 is 20.8 Å². The Morgan fingerprint density at radius 1 is 0.906 bits per heavy atom. The van der Waals surface area contributed by atoms with Crippen molar-refractivity contribution in [3.05, 3.63) is 83.4 Å². The Kier molecular flexibility index (Phi) is 7.51. The lowest BCUT2D eigenvalue weighted by molar-refractivity contribution is 0.0698. The topological polar surface area (TPSA) is 98.7 Å². The van der Waals surface area contributed by atoms with Gasteiger partial charge in [0.1, 0.15) is 5.75 Å². The third kappa shape index (κ3) is 5.10. The summed E-state index contributed by atoms with van der Waals surface area (Å²) in [5, 5.41) is 26.0. The quantitative estimate of drug-likeness (QED) is 0.424. The number of amides is 1. The van der Waals surface area contributed by atoms with E-state index in [0.717, 1.165) is 42.5 Å². The van der Waals surface area contributed by atoms with Crippen LogP contribution in [0.15, 0.2) is 66.7 Å². The van der Waals surface area contributed by atoms with Crippen molar-refractivity contribution in [2.45, 2.75) is 25.3 Å². The highest BCUT2D eigenvalue weighted by atomic mass is 35.5. The summed E-state index contributed by atoms with van der Waals surface area (Å²) in [7, 11) is 0. The number of halogens is 1. The van der Waals surface area contributed by atoms with Gasteiger partial charge in [-0.05, 0) is 60.3 Å². The molecule has 4 N–H and O–H groups in total. The van der Waals surface area contributed by atoms with Crippen molar-refractivity contribution in [1.29, 1.82) is 0 Å². The minimum atomic E-state index is -1.14. The van der Waals surface area contributed by atoms with E-state index in [1.165, 1.54) is 12.1 Å². The maximum Gasteiger partial charge on any atom is 0.337 e. The third-order valence-electron chi connectivity index (χ3n) is 5.58. The van der Waals surface area contributed by atoms with Crippen LogP contribution in [0.5, 0.6) is 5.75 Å². The fraction of sp³-hybridized carbons (Fsp3) is 0.200. The number of hydrogen-bond donors (Lipinski definition) is 4. The molecule has 4 rings (SSSR count). The zero-order chi connectivity index (χ0) is 21.8. The number of phenols is 1. The maximum absolute atomic E-state index is 13.0. The molecule has 0 spiro atoms. The van der Waals surface area contributed by atoms with Gasteiger partial charge in [-0.1, -0.05) is 48.9 Å². The van der Waals surface area contributed by atoms with Gasteiger partial charge in [0, 0.05) is 6.04 Å². The highest BCUT2D eigenvalue weighted by Crippen LogP contribution is 2.30. The standard InChI is InChI=1S/C25H24N2O4.ClH/c28-23-12-10-18(21-8-4-5-13-26-21)14-20(23)24(29)27-22-15-17(9-11-19(22)25(30)31)16-6-2-1-3-7-16;/h1-3,6-7,9-12,14-15,21,26,28H,4-5,8,13H2,(H,27,29)(H,30,31);1H. The monoisotopic (exact) mass is 452 g/mol. The normalized spacial score (nSPS) is 15.4. The molecule has 166 valence electrons. The molecule has 0 aliphatic carbocycles. The van der Waals surface area contributed by atoms with Crippen LogP contribution in [0.3, 0.4) is 0 Å². The van der Waals surface area contributed by atoms with Gasteiger partial charge in [-0.15, -0.1) is 12.4 Å². The summed E-state index contributed by atoms with van der Waals surface area (Å²) in [5.74, 6) is -1.84. The van der Waals surface area contributed by atoms with E-state index in [-0.39, 0.29) is 41.0 Å². The van der Waals surface area contributed by atoms with Crippen LogP contribution in [0.25, 0.3) is 11.1 Å². The summed E-state index contributed by atoms with van der Waals surface area (Å²) in [5.41, 5.74) is 2.90. The Morgan fingerprint density at radius 3 is 2.38 bits per heavy atom. The number of piperidine rings is 1. The number of carboxylic acid groups (broad SMARTS) is 1. The van der Waals surface area contributed by atoms with E-state index >= 15 is 0 Å². The van der Waals surface area contributed by atoms with Crippen LogP contribution < -0.4 is 10.6 Å². The molecule has 1 aliphatic heterocycles. The third-order valence-corrected chi connectivity index (χ3v) is 5.58. The van der Waals surface area contributed by atoms with Crippen LogP contribution in [0.4, 0.5) is 5.69 Å². The number of carboxylic acids is 1. The Hall–Kier alpha value is -3.35. The predicted molar refractivity (Wildman–Crippen MR) is 127 cm³/mol. The molecule has 7 heteroatoms. The van der Waals surface area contributed by atoms with E-state index in [4.69, 9.17) is 0 Å². The highest BCUT2D eigenvalue weighted by molar-refractivity contribution is 6.09. The molecule has 1 fully saturated rings. The summed E-state index contributed by atoms with van der Waals surface area (Å²) >= 11 is 0. The number of aromatic hydroxyl groups is 1. The van der Waals surface area contributed by atoms with Gasteiger partial charge in [-0.3, -0.25) is 4.79 Å². The van der Waals surface area contributed by atoms with Crippen LogP contribution in [0, 0.1) is 0 Å². The average molecular weight is 453 g/mol. The molecule has 3 aromatic carbocycles. The molecule has 0 radical (unpaired) electrons. The lowest BCUT2D eigenvalue weighted by atomic mass is 9.95. The first-order chi connectivity index (χ1) is 15.0. The highest BCUT2D eigenvalue weighted by Gasteiger charge is 2.20. The van der Waals surface area contributed by atoms with Gasteiger partial charge >= 0.3 is 5.97 Å². The van der Waals surface area contributed by atoms with Crippen molar-refractivity contribution in [3.63, 3.8) is 0 Å². The van der Waals surface area contributed by atoms with Crippen molar-refractivity contribution in [2.75, 3.05) is 11.9 Å². The summed E-state index contributed by atoms with van der Waals surface area (Å²) in [6, 6.07) is 19.5. The summed E-state index contributed by atoms with van der Waals surface area (Å²) < 4.78 is 0. The largest absolute Gasteiger partial charge is 0.507 e. The van der Waals surface area contributed by atoms with Crippen LogP contribution in [-0.2, 0) is 0 Å². The van der Waals surface area contributed by atoms with E-state index in [0.29, 0.717) is 0 Å². The van der Waals surface area contributed by atoms with Crippen molar-refractivity contribution < 1.29 is 19.8 Å². The molecule has 6 nitrogen and oxygen atoms in total. The molecule has 0 bridgehead atoms. The molecular weight excluding hydrogens is 428 g/mol. The number of carbonyl (C=O) groups excluding carboxylic acids is 1. The van der Waals surface area contributed by atoms with Gasteiger partial charge in [0.15, 0.2) is 0 Å². The fourth-order valence-corrected chi connectivity index (χ4v) is 3.92. The lowest BCUT2D eigenvalue weighted by Crippen LogP contribution is -2.27. The second kappa shape index (κ2) is 10.3. The number of benzene rings is 3. The zero-order valence-electron chi connectivity index (χ0n) is 17.4. The van der Waals surface area contributed by atoms with Crippen LogP contribution in [0.1, 0.15) is 51.6 Å². The van der Waals surface area contributed by atoms with Gasteiger partial charge in [-0.25, -0.2) is 4.79 Å². The van der Waals surface area contributed by atoms with Gasteiger partial charge in [0.05, 0.1) is 16.8 Å². The van der Waals surface area contributed by atoms with Crippen molar-refractivity contribution >= 4 is 30.0 Å². The first-order valence-corrected chi connectivity index (χ1v) is 10.3. The Morgan fingerprint density at radius 2 is 1.69 bits per heavy atom. The van der Waals surface area contributed by atoms with Crippen LogP contribution in [0.2, 0.25) is 0 Å². The number of nitrogens with one attached hydrogen (secondary N) is 2. The number of aromatic carboxylic acids is 1. The SMILES string of the molecule is Cl.O=C(Nc1cc(-c2ccccc2)ccc1C(=O)O)c1cc(C2CCCCN2)ccc1O. The minimum absolute atomic E-state index is 0. The van der Waals surface area contributed by atoms with E-state index in [9.17, 15) is 19.8 Å². The molecule has 1 saturated heterocycles. The van der Waals surface area contributed by atoms with Gasteiger partial charge in [0.25, 0.3) is 5.91 Å².